The lowest BCUT2D eigenvalue weighted by Gasteiger charge is -2.20. The Bertz CT molecular complexity index is 1150. The van der Waals surface area contributed by atoms with Crippen LogP contribution in [0, 0.1) is 6.92 Å². The molecule has 4 rings (SSSR count). The normalized spacial score (nSPS) is 11.4. The molecule has 0 saturated carbocycles. The lowest BCUT2D eigenvalue weighted by atomic mass is 10.2. The number of thiazole rings is 1. The van der Waals surface area contributed by atoms with Crippen molar-refractivity contribution in [2.75, 3.05) is 11.4 Å². The molecule has 0 saturated heterocycles. The Morgan fingerprint density at radius 1 is 1.19 bits per heavy atom. The van der Waals surface area contributed by atoms with Crippen molar-refractivity contribution in [2.45, 2.75) is 43.9 Å². The van der Waals surface area contributed by atoms with E-state index < -0.39 is 0 Å². The summed E-state index contributed by atoms with van der Waals surface area (Å²) in [5, 5.41) is 1.25. The van der Waals surface area contributed by atoms with E-state index in [1.807, 2.05) is 46.0 Å². The maximum atomic E-state index is 13.5. The average Bonchev–Trinajstić information content (AvgIpc) is 3.40. The summed E-state index contributed by atoms with van der Waals surface area (Å²) in [6, 6.07) is 14.1. The van der Waals surface area contributed by atoms with Gasteiger partial charge in [-0.1, -0.05) is 31.3 Å². The van der Waals surface area contributed by atoms with Crippen LogP contribution in [0.5, 0.6) is 0 Å². The molecule has 0 atom stereocenters. The van der Waals surface area contributed by atoms with Gasteiger partial charge in [0.1, 0.15) is 0 Å². The molecule has 7 heteroatoms. The molecule has 0 fully saturated rings. The van der Waals surface area contributed by atoms with Crippen LogP contribution in [0.4, 0.5) is 5.13 Å². The predicted octanol–water partition coefficient (Wildman–Crippen LogP) is 6.04. The van der Waals surface area contributed by atoms with Crippen molar-refractivity contribution in [2.24, 2.45) is 0 Å². The van der Waals surface area contributed by atoms with Crippen molar-refractivity contribution in [3.05, 3.63) is 72.3 Å². The van der Waals surface area contributed by atoms with Crippen LogP contribution in [0.1, 0.15) is 36.2 Å². The van der Waals surface area contributed by atoms with E-state index in [0.29, 0.717) is 17.4 Å². The van der Waals surface area contributed by atoms with Gasteiger partial charge in [0, 0.05) is 41.2 Å². The number of carbonyl (C=O) groups is 1. The van der Waals surface area contributed by atoms with Crippen LogP contribution < -0.4 is 4.90 Å². The molecule has 0 aliphatic heterocycles. The number of carbonyl (C=O) groups excluding carboxylic acids is 1. The highest BCUT2D eigenvalue weighted by Crippen LogP contribution is 2.31. The van der Waals surface area contributed by atoms with Crippen LogP contribution >= 0.6 is 23.1 Å². The van der Waals surface area contributed by atoms with E-state index in [2.05, 4.69) is 37.9 Å². The lowest BCUT2D eigenvalue weighted by molar-refractivity contribution is 0.0986. The topological polar surface area (TPSA) is 51.0 Å². The van der Waals surface area contributed by atoms with Gasteiger partial charge in [0.05, 0.1) is 16.5 Å². The summed E-state index contributed by atoms with van der Waals surface area (Å²) in [6.45, 7) is 7.81. The summed E-state index contributed by atoms with van der Waals surface area (Å²) in [5.74, 6) is -0.0116. The second-order valence-electron chi connectivity index (χ2n) is 7.77. The third-order valence-corrected chi connectivity index (χ3v) is 6.90. The van der Waals surface area contributed by atoms with Gasteiger partial charge in [-0.25, -0.2) is 9.97 Å². The van der Waals surface area contributed by atoms with Crippen molar-refractivity contribution in [3.63, 3.8) is 0 Å². The average molecular weight is 451 g/mol. The van der Waals surface area contributed by atoms with Gasteiger partial charge >= 0.3 is 0 Å². The van der Waals surface area contributed by atoms with Crippen LogP contribution in [-0.2, 0) is 6.54 Å². The van der Waals surface area contributed by atoms with E-state index in [-0.39, 0.29) is 5.91 Å². The summed E-state index contributed by atoms with van der Waals surface area (Å²) in [7, 11) is 0. The van der Waals surface area contributed by atoms with E-state index in [1.165, 1.54) is 10.5 Å². The van der Waals surface area contributed by atoms with E-state index in [0.717, 1.165) is 28.3 Å². The fourth-order valence-electron chi connectivity index (χ4n) is 3.35. The van der Waals surface area contributed by atoms with Crippen LogP contribution in [-0.4, -0.2) is 32.2 Å². The third kappa shape index (κ3) is 5.35. The molecule has 2 aromatic carbocycles. The number of anilines is 1. The van der Waals surface area contributed by atoms with E-state index in [1.54, 1.807) is 35.6 Å². The SMILES string of the molecule is Cc1ccc2nc(N(CCCn3ccnc3)C(=O)c3ccc(SC(C)C)cc3)sc2c1. The van der Waals surface area contributed by atoms with Gasteiger partial charge in [0.15, 0.2) is 5.13 Å². The first-order valence-corrected chi connectivity index (χ1v) is 12.1. The summed E-state index contributed by atoms with van der Waals surface area (Å²) >= 11 is 3.37. The highest BCUT2D eigenvalue weighted by atomic mass is 32.2. The van der Waals surface area contributed by atoms with Crippen LogP contribution in [0.25, 0.3) is 10.2 Å². The Labute approximate surface area is 191 Å². The predicted molar refractivity (Wildman–Crippen MR) is 130 cm³/mol. The van der Waals surface area contributed by atoms with Gasteiger partial charge in [-0.05, 0) is 55.3 Å². The summed E-state index contributed by atoms with van der Waals surface area (Å²) in [5.41, 5.74) is 2.81. The first kappa shape index (κ1) is 21.6. The van der Waals surface area contributed by atoms with E-state index >= 15 is 0 Å². The molecule has 0 unspecified atom stereocenters. The molecular weight excluding hydrogens is 424 g/mol. The number of hydrogen-bond donors (Lipinski definition) is 0. The summed E-state index contributed by atoms with van der Waals surface area (Å²) in [6.07, 6.45) is 6.34. The van der Waals surface area contributed by atoms with Crippen LogP contribution in [0.3, 0.4) is 0 Å². The number of imidazole rings is 1. The lowest BCUT2D eigenvalue weighted by Crippen LogP contribution is -2.32. The minimum atomic E-state index is -0.0116. The molecule has 0 bridgehead atoms. The Morgan fingerprint density at radius 2 is 2.00 bits per heavy atom. The zero-order valence-electron chi connectivity index (χ0n) is 18.0. The molecule has 0 spiro atoms. The first-order valence-electron chi connectivity index (χ1n) is 10.4. The first-order chi connectivity index (χ1) is 15.0. The smallest absolute Gasteiger partial charge is 0.260 e. The monoisotopic (exact) mass is 450 g/mol. The van der Waals surface area contributed by atoms with Gasteiger partial charge in [-0.3, -0.25) is 9.69 Å². The highest BCUT2D eigenvalue weighted by Gasteiger charge is 2.21. The summed E-state index contributed by atoms with van der Waals surface area (Å²) < 4.78 is 3.13. The van der Waals surface area contributed by atoms with Gasteiger partial charge < -0.3 is 4.57 Å². The fourth-order valence-corrected chi connectivity index (χ4v) is 5.28. The van der Waals surface area contributed by atoms with Crippen LogP contribution in [0.15, 0.2) is 66.1 Å². The molecule has 31 heavy (non-hydrogen) atoms. The minimum Gasteiger partial charge on any atom is -0.337 e. The van der Waals surface area contributed by atoms with Crippen molar-refractivity contribution in [1.82, 2.24) is 14.5 Å². The maximum absolute atomic E-state index is 13.5. The number of rotatable bonds is 8. The standard InChI is InChI=1S/C24H26N4OS2/c1-17(2)30-20-8-6-19(7-9-20)23(29)28(13-4-12-27-14-11-25-16-27)24-26-21-10-5-18(3)15-22(21)31-24/h5-11,14-17H,4,12-13H2,1-3H3. The minimum absolute atomic E-state index is 0.0116. The van der Waals surface area contributed by atoms with Crippen molar-refractivity contribution >= 4 is 44.4 Å². The van der Waals surface area contributed by atoms with E-state index in [9.17, 15) is 4.79 Å². The molecule has 4 aromatic rings. The number of nitrogens with zero attached hydrogens (tertiary/aromatic N) is 4. The molecule has 2 aromatic heterocycles. The highest BCUT2D eigenvalue weighted by molar-refractivity contribution is 7.99. The maximum Gasteiger partial charge on any atom is 0.260 e. The molecule has 0 N–H and O–H groups in total. The van der Waals surface area contributed by atoms with Gasteiger partial charge in [-0.15, -0.1) is 11.8 Å². The van der Waals surface area contributed by atoms with Gasteiger partial charge in [-0.2, -0.15) is 0 Å². The zero-order chi connectivity index (χ0) is 21.8. The second-order valence-corrected chi connectivity index (χ2v) is 10.4. The molecule has 5 nitrogen and oxygen atoms in total. The Balaban J connectivity index is 1.59. The van der Waals surface area contributed by atoms with E-state index in [4.69, 9.17) is 4.98 Å². The van der Waals surface area contributed by atoms with Gasteiger partial charge in [0.25, 0.3) is 5.91 Å². The molecule has 0 aliphatic rings. The van der Waals surface area contributed by atoms with Crippen molar-refractivity contribution in [3.8, 4) is 0 Å². The number of aryl methyl sites for hydroxylation is 2. The molecular formula is C24H26N4OS2. The number of hydrogen-bond acceptors (Lipinski definition) is 5. The van der Waals surface area contributed by atoms with Crippen molar-refractivity contribution < 1.29 is 4.79 Å². The Morgan fingerprint density at radius 3 is 2.71 bits per heavy atom. The Kier molecular flexibility index (Phi) is 6.73. The quantitative estimate of drug-likeness (QED) is 0.307. The number of benzene rings is 2. The van der Waals surface area contributed by atoms with Crippen molar-refractivity contribution in [1.29, 1.82) is 0 Å². The van der Waals surface area contributed by atoms with Gasteiger partial charge in [0.2, 0.25) is 0 Å². The Hall–Kier alpha value is -2.64. The summed E-state index contributed by atoms with van der Waals surface area (Å²) in [4.78, 5) is 25.3. The third-order valence-electron chi connectivity index (χ3n) is 4.84. The molecule has 0 aliphatic carbocycles. The number of aromatic nitrogens is 3. The van der Waals surface area contributed by atoms with Crippen LogP contribution in [0.2, 0.25) is 0 Å². The molecule has 1 amide bonds. The number of fused-ring (bicyclic) bond motifs is 1. The molecule has 2 heterocycles. The largest absolute Gasteiger partial charge is 0.337 e. The molecule has 0 radical (unpaired) electrons. The second kappa shape index (κ2) is 9.66. The number of amides is 1. The zero-order valence-corrected chi connectivity index (χ0v) is 19.6. The molecule has 160 valence electrons. The fraction of sp³-hybridized carbons (Fsp3) is 0.292. The number of thioether (sulfide) groups is 1.